The summed E-state index contributed by atoms with van der Waals surface area (Å²) < 4.78 is 0. The second kappa shape index (κ2) is 6.07. The number of carbonyl (C=O) groups is 1. The minimum absolute atomic E-state index is 0.0685. The standard InChI is InChI=1S/C13H14Cl2O/c1-3-9(2)13(16)7-5-10-4-6-11(14)12(15)8-10/h4-9H,3H2,1-2H3/b7-5+. The van der Waals surface area contributed by atoms with Gasteiger partial charge in [-0.15, -0.1) is 0 Å². The van der Waals surface area contributed by atoms with Crippen LogP contribution in [0.4, 0.5) is 0 Å². The second-order valence-electron chi connectivity index (χ2n) is 3.72. The smallest absolute Gasteiger partial charge is 0.158 e. The lowest BCUT2D eigenvalue weighted by Gasteiger charge is -2.02. The molecule has 0 aliphatic rings. The molecule has 1 nitrogen and oxygen atoms in total. The Kier molecular flexibility index (Phi) is 5.04. The van der Waals surface area contributed by atoms with Gasteiger partial charge in [-0.25, -0.2) is 0 Å². The second-order valence-corrected chi connectivity index (χ2v) is 4.53. The number of benzene rings is 1. The predicted octanol–water partition coefficient (Wildman–Crippen LogP) is 4.62. The number of carbonyl (C=O) groups excluding carboxylic acids is 1. The van der Waals surface area contributed by atoms with Crippen LogP contribution in [-0.4, -0.2) is 5.78 Å². The summed E-state index contributed by atoms with van der Waals surface area (Å²) in [6.07, 6.45) is 4.20. The van der Waals surface area contributed by atoms with E-state index in [4.69, 9.17) is 23.2 Å². The molecular formula is C13H14Cl2O. The van der Waals surface area contributed by atoms with E-state index in [-0.39, 0.29) is 11.7 Å². The number of halogens is 2. The molecule has 0 aliphatic heterocycles. The highest BCUT2D eigenvalue weighted by atomic mass is 35.5. The maximum atomic E-state index is 11.6. The SMILES string of the molecule is CCC(C)C(=O)/C=C/c1ccc(Cl)c(Cl)c1. The molecule has 1 aromatic rings. The third-order valence-electron chi connectivity index (χ3n) is 2.48. The molecule has 0 heterocycles. The average molecular weight is 257 g/mol. The van der Waals surface area contributed by atoms with E-state index in [0.717, 1.165) is 12.0 Å². The topological polar surface area (TPSA) is 17.1 Å². The molecule has 0 radical (unpaired) electrons. The van der Waals surface area contributed by atoms with Crippen LogP contribution >= 0.6 is 23.2 Å². The van der Waals surface area contributed by atoms with Crippen molar-refractivity contribution in [2.75, 3.05) is 0 Å². The van der Waals surface area contributed by atoms with E-state index < -0.39 is 0 Å². The summed E-state index contributed by atoms with van der Waals surface area (Å²) in [6, 6.07) is 5.29. The van der Waals surface area contributed by atoms with Crippen LogP contribution in [0.2, 0.25) is 10.0 Å². The molecule has 1 rings (SSSR count). The van der Waals surface area contributed by atoms with Gasteiger partial charge in [-0.3, -0.25) is 4.79 Å². The number of hydrogen-bond acceptors (Lipinski definition) is 1. The normalized spacial score (nSPS) is 13.0. The summed E-state index contributed by atoms with van der Waals surface area (Å²) in [5, 5.41) is 1.02. The molecule has 0 N–H and O–H groups in total. The minimum Gasteiger partial charge on any atom is -0.295 e. The zero-order chi connectivity index (χ0) is 12.1. The summed E-state index contributed by atoms with van der Waals surface area (Å²) >= 11 is 11.7. The van der Waals surface area contributed by atoms with Crippen LogP contribution in [-0.2, 0) is 4.79 Å². The van der Waals surface area contributed by atoms with Gasteiger partial charge in [0.05, 0.1) is 10.0 Å². The van der Waals surface area contributed by atoms with Gasteiger partial charge in [0.15, 0.2) is 5.78 Å². The van der Waals surface area contributed by atoms with Crippen molar-refractivity contribution in [1.82, 2.24) is 0 Å². The fraction of sp³-hybridized carbons (Fsp3) is 0.308. The van der Waals surface area contributed by atoms with Crippen molar-refractivity contribution in [2.45, 2.75) is 20.3 Å². The molecule has 0 saturated heterocycles. The Labute approximate surface area is 106 Å². The molecule has 0 aliphatic carbocycles. The van der Waals surface area contributed by atoms with Crippen LogP contribution in [0.1, 0.15) is 25.8 Å². The zero-order valence-electron chi connectivity index (χ0n) is 9.34. The largest absolute Gasteiger partial charge is 0.295 e. The predicted molar refractivity (Wildman–Crippen MR) is 70.0 cm³/mol. The lowest BCUT2D eigenvalue weighted by Crippen LogP contribution is -2.05. The van der Waals surface area contributed by atoms with Crippen molar-refractivity contribution in [3.05, 3.63) is 39.9 Å². The number of allylic oxidation sites excluding steroid dienone is 1. The van der Waals surface area contributed by atoms with Crippen molar-refractivity contribution in [1.29, 1.82) is 0 Å². The highest BCUT2D eigenvalue weighted by Crippen LogP contribution is 2.23. The summed E-state index contributed by atoms with van der Waals surface area (Å²) in [7, 11) is 0. The Balaban J connectivity index is 2.77. The monoisotopic (exact) mass is 256 g/mol. The van der Waals surface area contributed by atoms with Gasteiger partial charge >= 0.3 is 0 Å². The maximum Gasteiger partial charge on any atom is 0.158 e. The first-order valence-corrected chi connectivity index (χ1v) is 5.97. The lowest BCUT2D eigenvalue weighted by atomic mass is 10.0. The van der Waals surface area contributed by atoms with Crippen molar-refractivity contribution in [2.24, 2.45) is 5.92 Å². The fourth-order valence-corrected chi connectivity index (χ4v) is 1.47. The van der Waals surface area contributed by atoms with Crippen LogP contribution in [0.25, 0.3) is 6.08 Å². The first kappa shape index (κ1) is 13.3. The zero-order valence-corrected chi connectivity index (χ0v) is 10.8. The van der Waals surface area contributed by atoms with Crippen molar-refractivity contribution in [3.8, 4) is 0 Å². The molecular weight excluding hydrogens is 243 g/mol. The van der Waals surface area contributed by atoms with Gasteiger partial charge in [-0.2, -0.15) is 0 Å². The molecule has 86 valence electrons. The fourth-order valence-electron chi connectivity index (χ4n) is 1.16. The maximum absolute atomic E-state index is 11.6. The Morgan fingerprint density at radius 2 is 2.06 bits per heavy atom. The molecule has 1 unspecified atom stereocenters. The molecule has 1 atom stereocenters. The van der Waals surface area contributed by atoms with Crippen LogP contribution in [0.3, 0.4) is 0 Å². The average Bonchev–Trinajstić information content (AvgIpc) is 2.29. The van der Waals surface area contributed by atoms with E-state index in [9.17, 15) is 4.79 Å². The Morgan fingerprint density at radius 3 is 2.62 bits per heavy atom. The van der Waals surface area contributed by atoms with Gasteiger partial charge in [-0.05, 0) is 30.2 Å². The molecule has 16 heavy (non-hydrogen) atoms. The number of hydrogen-bond donors (Lipinski definition) is 0. The van der Waals surface area contributed by atoms with Crippen molar-refractivity contribution < 1.29 is 4.79 Å². The molecule has 0 spiro atoms. The Bertz CT molecular complexity index is 410. The summed E-state index contributed by atoms with van der Waals surface area (Å²) in [5.74, 6) is 0.201. The third-order valence-corrected chi connectivity index (χ3v) is 3.22. The quantitative estimate of drug-likeness (QED) is 0.719. The van der Waals surface area contributed by atoms with E-state index >= 15 is 0 Å². The van der Waals surface area contributed by atoms with E-state index in [0.29, 0.717) is 10.0 Å². The molecule has 0 amide bonds. The van der Waals surface area contributed by atoms with Crippen LogP contribution in [0, 0.1) is 5.92 Å². The van der Waals surface area contributed by atoms with Crippen LogP contribution < -0.4 is 0 Å². The van der Waals surface area contributed by atoms with Gasteiger partial charge in [0.2, 0.25) is 0 Å². The van der Waals surface area contributed by atoms with Crippen LogP contribution in [0.15, 0.2) is 24.3 Å². The molecule has 0 saturated carbocycles. The highest BCUT2D eigenvalue weighted by Gasteiger charge is 2.06. The third kappa shape index (κ3) is 3.66. The van der Waals surface area contributed by atoms with Crippen molar-refractivity contribution in [3.63, 3.8) is 0 Å². The Morgan fingerprint density at radius 1 is 1.38 bits per heavy atom. The molecule has 3 heteroatoms. The first-order chi connectivity index (χ1) is 7.54. The van der Waals surface area contributed by atoms with Gasteiger partial charge in [0, 0.05) is 5.92 Å². The minimum atomic E-state index is 0.0685. The first-order valence-electron chi connectivity index (χ1n) is 5.21. The van der Waals surface area contributed by atoms with Crippen molar-refractivity contribution >= 4 is 35.1 Å². The van der Waals surface area contributed by atoms with E-state index in [2.05, 4.69) is 0 Å². The number of ketones is 1. The number of rotatable bonds is 4. The van der Waals surface area contributed by atoms with Crippen LogP contribution in [0.5, 0.6) is 0 Å². The van der Waals surface area contributed by atoms with Gasteiger partial charge in [0.25, 0.3) is 0 Å². The highest BCUT2D eigenvalue weighted by molar-refractivity contribution is 6.42. The summed E-state index contributed by atoms with van der Waals surface area (Å²) in [6.45, 7) is 3.91. The van der Waals surface area contributed by atoms with Gasteiger partial charge in [-0.1, -0.05) is 49.2 Å². The van der Waals surface area contributed by atoms with E-state index in [1.807, 2.05) is 19.9 Å². The Hall–Kier alpha value is -0.790. The lowest BCUT2D eigenvalue weighted by molar-refractivity contribution is -0.117. The molecule has 1 aromatic carbocycles. The molecule has 0 aromatic heterocycles. The molecule has 0 fully saturated rings. The van der Waals surface area contributed by atoms with E-state index in [1.54, 1.807) is 24.3 Å². The van der Waals surface area contributed by atoms with Gasteiger partial charge in [0.1, 0.15) is 0 Å². The summed E-state index contributed by atoms with van der Waals surface area (Å²) in [4.78, 5) is 11.6. The summed E-state index contributed by atoms with van der Waals surface area (Å²) in [5.41, 5.74) is 0.881. The van der Waals surface area contributed by atoms with Gasteiger partial charge < -0.3 is 0 Å². The van der Waals surface area contributed by atoms with E-state index in [1.165, 1.54) is 0 Å². The molecule has 0 bridgehead atoms.